The van der Waals surface area contributed by atoms with Crippen molar-refractivity contribution < 1.29 is 9.18 Å². The molecule has 0 unspecified atom stereocenters. The molecule has 5 nitrogen and oxygen atoms in total. The van der Waals surface area contributed by atoms with Gasteiger partial charge in [0, 0.05) is 10.4 Å². The Morgan fingerprint density at radius 2 is 1.88 bits per heavy atom. The van der Waals surface area contributed by atoms with E-state index in [0.717, 1.165) is 10.4 Å². The zero-order chi connectivity index (χ0) is 16.8. The first kappa shape index (κ1) is 16.1. The van der Waals surface area contributed by atoms with Crippen LogP contribution < -0.4 is 10.6 Å². The van der Waals surface area contributed by atoms with Gasteiger partial charge >= 0.3 is 6.03 Å². The molecule has 24 heavy (non-hydrogen) atoms. The van der Waals surface area contributed by atoms with Crippen molar-refractivity contribution in [2.75, 3.05) is 0 Å². The van der Waals surface area contributed by atoms with Gasteiger partial charge in [0.05, 0.1) is 24.5 Å². The van der Waals surface area contributed by atoms with Crippen LogP contribution in [0.25, 0.3) is 11.3 Å². The van der Waals surface area contributed by atoms with Crippen molar-refractivity contribution in [3.63, 3.8) is 0 Å². The third-order valence-electron chi connectivity index (χ3n) is 3.30. The molecule has 0 aliphatic rings. The maximum Gasteiger partial charge on any atom is 0.315 e. The van der Waals surface area contributed by atoms with E-state index in [0.29, 0.717) is 17.9 Å². The first-order chi connectivity index (χ1) is 11.7. The second-order valence-corrected chi connectivity index (χ2v) is 6.05. The molecule has 0 spiro atoms. The predicted octanol–water partition coefficient (Wildman–Crippen LogP) is 3.34. The summed E-state index contributed by atoms with van der Waals surface area (Å²) in [7, 11) is 0. The van der Waals surface area contributed by atoms with Crippen LogP contribution in [0.3, 0.4) is 0 Å². The van der Waals surface area contributed by atoms with Crippen molar-refractivity contribution >= 4 is 17.4 Å². The second-order valence-electron chi connectivity index (χ2n) is 5.02. The predicted molar refractivity (Wildman–Crippen MR) is 90.8 cm³/mol. The Bertz CT molecular complexity index is 806. The Hall–Kier alpha value is -2.80. The summed E-state index contributed by atoms with van der Waals surface area (Å²) in [6.07, 6.45) is 1.43. The highest BCUT2D eigenvalue weighted by atomic mass is 32.1. The molecule has 0 radical (unpaired) electrons. The molecule has 0 atom stereocenters. The molecule has 7 heteroatoms. The van der Waals surface area contributed by atoms with Crippen molar-refractivity contribution in [2.45, 2.75) is 13.1 Å². The lowest BCUT2D eigenvalue weighted by molar-refractivity contribution is 0.240. The minimum absolute atomic E-state index is 0.259. The van der Waals surface area contributed by atoms with Gasteiger partial charge in [-0.05, 0) is 41.8 Å². The Kier molecular flexibility index (Phi) is 5.12. The van der Waals surface area contributed by atoms with Gasteiger partial charge < -0.3 is 10.6 Å². The highest BCUT2D eigenvalue weighted by Crippen LogP contribution is 2.17. The number of carbonyl (C=O) groups is 1. The number of carbonyl (C=O) groups excluding carboxylic acids is 1. The van der Waals surface area contributed by atoms with Crippen LogP contribution >= 0.6 is 11.3 Å². The Morgan fingerprint density at radius 1 is 1.08 bits per heavy atom. The van der Waals surface area contributed by atoms with E-state index in [2.05, 4.69) is 20.6 Å². The average molecular weight is 342 g/mol. The maximum atomic E-state index is 13.0. The zero-order valence-corrected chi connectivity index (χ0v) is 13.5. The lowest BCUT2D eigenvalue weighted by Crippen LogP contribution is -2.34. The number of nitrogens with zero attached hydrogens (tertiary/aromatic N) is 2. The van der Waals surface area contributed by atoms with Crippen molar-refractivity contribution in [1.82, 2.24) is 20.6 Å². The van der Waals surface area contributed by atoms with Gasteiger partial charge in [-0.2, -0.15) is 0 Å². The van der Waals surface area contributed by atoms with Crippen molar-refractivity contribution in [1.29, 1.82) is 0 Å². The zero-order valence-electron chi connectivity index (χ0n) is 12.7. The molecule has 2 heterocycles. The van der Waals surface area contributed by atoms with Crippen LogP contribution in [0, 0.1) is 5.82 Å². The monoisotopic (exact) mass is 342 g/mol. The number of amides is 2. The largest absolute Gasteiger partial charge is 0.333 e. The molecule has 2 aromatic heterocycles. The smallest absolute Gasteiger partial charge is 0.315 e. The van der Waals surface area contributed by atoms with Crippen molar-refractivity contribution in [3.8, 4) is 11.3 Å². The number of nitrogens with one attached hydrogen (secondary N) is 2. The van der Waals surface area contributed by atoms with Gasteiger partial charge in [0.25, 0.3) is 0 Å². The summed E-state index contributed by atoms with van der Waals surface area (Å²) < 4.78 is 13.0. The number of halogens is 1. The van der Waals surface area contributed by atoms with Gasteiger partial charge in [0.15, 0.2) is 0 Å². The molecule has 3 aromatic rings. The highest BCUT2D eigenvalue weighted by molar-refractivity contribution is 7.09. The van der Waals surface area contributed by atoms with Gasteiger partial charge in [-0.3, -0.25) is 0 Å². The molecule has 2 N–H and O–H groups in total. The normalized spacial score (nSPS) is 10.4. The van der Waals surface area contributed by atoms with Crippen LogP contribution in [0.1, 0.15) is 10.6 Å². The molecular weight excluding hydrogens is 327 g/mol. The Morgan fingerprint density at radius 3 is 2.62 bits per heavy atom. The third-order valence-corrected chi connectivity index (χ3v) is 4.17. The summed E-state index contributed by atoms with van der Waals surface area (Å²) in [6, 6.07) is 11.5. The fourth-order valence-electron chi connectivity index (χ4n) is 2.09. The maximum absolute atomic E-state index is 13.0. The summed E-state index contributed by atoms with van der Waals surface area (Å²) in [5, 5.41) is 7.50. The minimum atomic E-state index is -0.294. The molecule has 1 aromatic carbocycles. The molecule has 0 saturated heterocycles. The number of hydrogen-bond donors (Lipinski definition) is 2. The summed E-state index contributed by atoms with van der Waals surface area (Å²) in [4.78, 5) is 21.2. The number of aromatic nitrogens is 2. The van der Waals surface area contributed by atoms with E-state index in [4.69, 9.17) is 0 Å². The molecule has 0 fully saturated rings. The van der Waals surface area contributed by atoms with Crippen LogP contribution in [0.5, 0.6) is 0 Å². The third kappa shape index (κ3) is 4.36. The van der Waals surface area contributed by atoms with Gasteiger partial charge in [0.1, 0.15) is 12.1 Å². The second kappa shape index (κ2) is 7.65. The van der Waals surface area contributed by atoms with E-state index in [9.17, 15) is 9.18 Å². The van der Waals surface area contributed by atoms with Crippen molar-refractivity contribution in [3.05, 3.63) is 70.6 Å². The van der Waals surface area contributed by atoms with E-state index in [-0.39, 0.29) is 18.4 Å². The molecule has 2 amide bonds. The molecule has 0 saturated carbocycles. The van der Waals surface area contributed by atoms with E-state index in [1.54, 1.807) is 29.5 Å². The van der Waals surface area contributed by atoms with Gasteiger partial charge in [-0.15, -0.1) is 11.3 Å². The molecular formula is C17H15FN4OS. The lowest BCUT2D eigenvalue weighted by atomic mass is 10.1. The molecule has 3 rings (SSSR count). The van der Waals surface area contributed by atoms with E-state index >= 15 is 0 Å². The number of thiophene rings is 1. The average Bonchev–Trinajstić information content (AvgIpc) is 3.13. The topological polar surface area (TPSA) is 66.9 Å². The van der Waals surface area contributed by atoms with Crippen LogP contribution in [-0.2, 0) is 13.1 Å². The van der Waals surface area contributed by atoms with Gasteiger partial charge in [0.2, 0.25) is 0 Å². The summed E-state index contributed by atoms with van der Waals surface area (Å²) >= 11 is 1.59. The van der Waals surface area contributed by atoms with Crippen LogP contribution in [-0.4, -0.2) is 16.0 Å². The molecule has 122 valence electrons. The van der Waals surface area contributed by atoms with E-state index in [1.807, 2.05) is 17.5 Å². The van der Waals surface area contributed by atoms with Gasteiger partial charge in [-0.1, -0.05) is 6.07 Å². The summed E-state index contributed by atoms with van der Waals surface area (Å²) in [5.41, 5.74) is 2.15. The number of rotatable bonds is 5. The highest BCUT2D eigenvalue weighted by Gasteiger charge is 2.05. The fraction of sp³-hybridized carbons (Fsp3) is 0.118. The first-order valence-corrected chi connectivity index (χ1v) is 8.19. The van der Waals surface area contributed by atoms with E-state index < -0.39 is 0 Å². The fourth-order valence-corrected chi connectivity index (χ4v) is 2.73. The number of urea groups is 1. The lowest BCUT2D eigenvalue weighted by Gasteiger charge is -2.07. The van der Waals surface area contributed by atoms with Crippen molar-refractivity contribution in [2.24, 2.45) is 0 Å². The minimum Gasteiger partial charge on any atom is -0.333 e. The summed E-state index contributed by atoms with van der Waals surface area (Å²) in [6.45, 7) is 0.779. The first-order valence-electron chi connectivity index (χ1n) is 7.31. The molecule has 0 aliphatic heterocycles. The SMILES string of the molecule is O=C(NCc1cc(-c2ccc(F)cc2)ncn1)NCc1cccs1. The number of hydrogen-bond acceptors (Lipinski definition) is 4. The number of benzene rings is 1. The summed E-state index contributed by atoms with van der Waals surface area (Å²) in [5.74, 6) is -0.294. The molecule has 0 bridgehead atoms. The standard InChI is InChI=1S/C17H15FN4OS/c18-13-5-3-12(4-6-13)16-8-14(21-11-22-16)9-19-17(23)20-10-15-2-1-7-24-15/h1-8,11H,9-10H2,(H2,19,20,23). The molecule has 0 aliphatic carbocycles. The van der Waals surface area contributed by atoms with Crippen LogP contribution in [0.2, 0.25) is 0 Å². The van der Waals surface area contributed by atoms with E-state index in [1.165, 1.54) is 18.5 Å². The van der Waals surface area contributed by atoms with Crippen LogP contribution in [0.4, 0.5) is 9.18 Å². The quantitative estimate of drug-likeness (QED) is 0.747. The Labute approximate surface area is 142 Å². The van der Waals surface area contributed by atoms with Crippen LogP contribution in [0.15, 0.2) is 54.2 Å². The Balaban J connectivity index is 1.56. The van der Waals surface area contributed by atoms with Gasteiger partial charge in [-0.25, -0.2) is 19.2 Å².